The highest BCUT2D eigenvalue weighted by molar-refractivity contribution is 5.86. The summed E-state index contributed by atoms with van der Waals surface area (Å²) in [6.45, 7) is 7.36. The van der Waals surface area contributed by atoms with Gasteiger partial charge in [0.1, 0.15) is 17.9 Å². The Kier molecular flexibility index (Phi) is 6.11. The summed E-state index contributed by atoms with van der Waals surface area (Å²) in [6.07, 6.45) is 7.08. The summed E-state index contributed by atoms with van der Waals surface area (Å²) in [5.41, 5.74) is 5.52. The van der Waals surface area contributed by atoms with Gasteiger partial charge in [0, 0.05) is 31.9 Å². The van der Waals surface area contributed by atoms with Crippen LogP contribution >= 0.6 is 0 Å². The second kappa shape index (κ2) is 8.78. The van der Waals surface area contributed by atoms with Crippen LogP contribution in [-0.4, -0.2) is 54.4 Å². The van der Waals surface area contributed by atoms with Gasteiger partial charge in [-0.2, -0.15) is 0 Å². The van der Waals surface area contributed by atoms with Gasteiger partial charge in [0.2, 0.25) is 0 Å². The van der Waals surface area contributed by atoms with Crippen molar-refractivity contribution in [3.8, 4) is 5.75 Å². The first-order valence-corrected chi connectivity index (χ1v) is 10.9. The van der Waals surface area contributed by atoms with Gasteiger partial charge in [-0.25, -0.2) is 0 Å². The third-order valence-electron chi connectivity index (χ3n) is 6.81. The van der Waals surface area contributed by atoms with Crippen LogP contribution in [0.5, 0.6) is 5.75 Å². The van der Waals surface area contributed by atoms with E-state index in [2.05, 4.69) is 36.1 Å². The zero-order chi connectivity index (χ0) is 21.1. The second-order valence-electron chi connectivity index (χ2n) is 8.35. The van der Waals surface area contributed by atoms with Crippen LogP contribution in [-0.2, 0) is 9.53 Å². The number of carboxylic acids is 1. The van der Waals surface area contributed by atoms with Crippen molar-refractivity contribution >= 4 is 11.5 Å². The Labute approximate surface area is 178 Å². The normalized spacial score (nSPS) is 22.6. The molecular formula is C25H31NO4. The van der Waals surface area contributed by atoms with Gasteiger partial charge in [-0.3, -0.25) is 9.69 Å². The van der Waals surface area contributed by atoms with Crippen LogP contribution in [0.15, 0.2) is 53.1 Å². The van der Waals surface area contributed by atoms with Crippen molar-refractivity contribution in [2.75, 3.05) is 32.9 Å². The molecule has 2 saturated heterocycles. The lowest BCUT2D eigenvalue weighted by molar-refractivity contribution is -0.159. The quantitative estimate of drug-likeness (QED) is 0.799. The van der Waals surface area contributed by atoms with Crippen molar-refractivity contribution in [1.29, 1.82) is 0 Å². The van der Waals surface area contributed by atoms with Crippen molar-refractivity contribution in [2.24, 2.45) is 0 Å². The van der Waals surface area contributed by atoms with E-state index in [0.29, 0.717) is 32.7 Å². The summed E-state index contributed by atoms with van der Waals surface area (Å²) in [6, 6.07) is 8.26. The number of rotatable bonds is 3. The third-order valence-corrected chi connectivity index (χ3v) is 6.81. The van der Waals surface area contributed by atoms with E-state index in [9.17, 15) is 9.90 Å². The summed E-state index contributed by atoms with van der Waals surface area (Å²) in [7, 11) is 0. The number of fused-ring (bicyclic) bond motifs is 1. The first-order valence-electron chi connectivity index (χ1n) is 10.9. The Morgan fingerprint density at radius 2 is 1.87 bits per heavy atom. The predicted molar refractivity (Wildman–Crippen MR) is 118 cm³/mol. The molecule has 0 saturated carbocycles. The Morgan fingerprint density at radius 3 is 2.53 bits per heavy atom. The fraction of sp³-hybridized carbons (Fsp3) is 0.480. The number of allylic oxidation sites excluding steroid dienone is 3. The third kappa shape index (κ3) is 3.72. The molecule has 0 amide bonds. The maximum atomic E-state index is 12.2. The van der Waals surface area contributed by atoms with E-state index in [4.69, 9.17) is 9.47 Å². The molecule has 5 nitrogen and oxygen atoms in total. The second-order valence-corrected chi connectivity index (χ2v) is 8.35. The largest absolute Gasteiger partial charge is 0.488 e. The van der Waals surface area contributed by atoms with Crippen LogP contribution in [0.25, 0.3) is 5.57 Å². The number of hydrogen-bond donors (Lipinski definition) is 1. The van der Waals surface area contributed by atoms with Crippen LogP contribution in [0.3, 0.4) is 0 Å². The molecule has 1 aromatic carbocycles. The number of likely N-dealkylation sites (tertiary alicyclic amines) is 1. The summed E-state index contributed by atoms with van der Waals surface area (Å²) in [4.78, 5) is 14.4. The van der Waals surface area contributed by atoms with Gasteiger partial charge in [-0.1, -0.05) is 35.9 Å². The first-order chi connectivity index (χ1) is 14.6. The maximum Gasteiger partial charge on any atom is 0.324 e. The molecule has 0 unspecified atom stereocenters. The molecule has 3 aliphatic rings. The number of para-hydroxylation sites is 1. The van der Waals surface area contributed by atoms with E-state index in [-0.39, 0.29) is 0 Å². The molecule has 0 aromatic heterocycles. The summed E-state index contributed by atoms with van der Waals surface area (Å²) in [5, 5.41) is 10.0. The number of nitrogens with zero attached hydrogens (tertiary/aromatic N) is 1. The lowest BCUT2D eigenvalue weighted by Crippen LogP contribution is -2.59. The lowest BCUT2D eigenvalue weighted by Gasteiger charge is -2.45. The van der Waals surface area contributed by atoms with E-state index < -0.39 is 11.5 Å². The van der Waals surface area contributed by atoms with Gasteiger partial charge in [0.15, 0.2) is 0 Å². The van der Waals surface area contributed by atoms with Gasteiger partial charge >= 0.3 is 5.97 Å². The highest BCUT2D eigenvalue weighted by Crippen LogP contribution is 2.41. The number of carboxylic acid groups (broad SMARTS) is 1. The van der Waals surface area contributed by atoms with Gasteiger partial charge in [-0.05, 0) is 62.3 Å². The Bertz CT molecular complexity index is 895. The number of benzene rings is 1. The summed E-state index contributed by atoms with van der Waals surface area (Å²) < 4.78 is 11.6. The van der Waals surface area contributed by atoms with E-state index >= 15 is 0 Å². The van der Waals surface area contributed by atoms with Gasteiger partial charge in [-0.15, -0.1) is 0 Å². The standard InChI is InChI=1S/C25H31NO4/c1-3-6-20-17-30-22-8-5-4-7-21(22)23(18(20)2)19-9-13-26(14-10-19)25(24(27)28)11-15-29-16-12-25/h3-8H,9-17H2,1-2H3,(H,27,28)/b6-3-. The Morgan fingerprint density at radius 1 is 1.17 bits per heavy atom. The molecule has 0 atom stereocenters. The van der Waals surface area contributed by atoms with Crippen LogP contribution in [0.4, 0.5) is 0 Å². The lowest BCUT2D eigenvalue weighted by atomic mass is 9.83. The minimum absolute atomic E-state index is 0.524. The van der Waals surface area contributed by atoms with Crippen LogP contribution in [0.2, 0.25) is 0 Å². The SMILES string of the molecule is C/C=C\C1=C(C)C(=C2CCN(C3(C(=O)O)CCOCC3)CC2)c2ccccc2OC1. The number of aliphatic carboxylic acids is 1. The number of ether oxygens (including phenoxy) is 2. The molecule has 1 aromatic rings. The van der Waals surface area contributed by atoms with E-state index in [0.717, 1.165) is 37.2 Å². The molecule has 5 heteroatoms. The Hall–Kier alpha value is -2.37. The molecule has 4 rings (SSSR count). The maximum absolute atomic E-state index is 12.2. The van der Waals surface area contributed by atoms with Crippen molar-refractivity contribution in [2.45, 2.75) is 45.1 Å². The number of piperidine rings is 1. The first kappa shape index (κ1) is 20.9. The average molecular weight is 410 g/mol. The molecule has 2 fully saturated rings. The van der Waals surface area contributed by atoms with Crippen molar-refractivity contribution in [3.63, 3.8) is 0 Å². The van der Waals surface area contributed by atoms with Gasteiger partial charge in [0.05, 0.1) is 0 Å². The zero-order valence-electron chi connectivity index (χ0n) is 17.9. The number of carbonyl (C=O) groups is 1. The van der Waals surface area contributed by atoms with Crippen LogP contribution in [0, 0.1) is 0 Å². The average Bonchev–Trinajstić information content (AvgIpc) is 2.91. The molecule has 0 spiro atoms. The fourth-order valence-electron chi connectivity index (χ4n) is 5.08. The van der Waals surface area contributed by atoms with Crippen molar-refractivity contribution in [3.05, 3.63) is 58.7 Å². The van der Waals surface area contributed by atoms with Crippen LogP contribution in [0.1, 0.15) is 45.1 Å². The van der Waals surface area contributed by atoms with E-state index in [1.807, 2.05) is 19.1 Å². The zero-order valence-corrected chi connectivity index (χ0v) is 17.9. The topological polar surface area (TPSA) is 59.0 Å². The number of hydrogen-bond acceptors (Lipinski definition) is 4. The van der Waals surface area contributed by atoms with Crippen LogP contribution < -0.4 is 4.74 Å². The molecule has 0 radical (unpaired) electrons. The molecule has 0 bridgehead atoms. The minimum Gasteiger partial charge on any atom is -0.488 e. The summed E-state index contributed by atoms with van der Waals surface area (Å²) in [5.74, 6) is 0.217. The van der Waals surface area contributed by atoms with Crippen molar-refractivity contribution < 1.29 is 19.4 Å². The molecule has 30 heavy (non-hydrogen) atoms. The highest BCUT2D eigenvalue weighted by Gasteiger charge is 2.46. The highest BCUT2D eigenvalue weighted by atomic mass is 16.5. The molecular weight excluding hydrogens is 378 g/mol. The molecule has 160 valence electrons. The predicted octanol–water partition coefficient (Wildman–Crippen LogP) is 4.45. The smallest absolute Gasteiger partial charge is 0.324 e. The van der Waals surface area contributed by atoms with Gasteiger partial charge < -0.3 is 14.6 Å². The molecule has 3 heterocycles. The molecule has 0 aliphatic carbocycles. The summed E-state index contributed by atoms with van der Waals surface area (Å²) >= 11 is 0. The monoisotopic (exact) mass is 409 g/mol. The Balaban J connectivity index is 1.69. The fourth-order valence-corrected chi connectivity index (χ4v) is 5.08. The molecule has 3 aliphatic heterocycles. The van der Waals surface area contributed by atoms with E-state index in [1.54, 1.807) is 0 Å². The minimum atomic E-state index is -0.778. The van der Waals surface area contributed by atoms with Gasteiger partial charge in [0.25, 0.3) is 0 Å². The van der Waals surface area contributed by atoms with Crippen molar-refractivity contribution in [1.82, 2.24) is 4.90 Å². The van der Waals surface area contributed by atoms with E-state index in [1.165, 1.54) is 22.3 Å². The molecule has 1 N–H and O–H groups in total.